The minimum Gasteiger partial charge on any atom is -0.456 e. The van der Waals surface area contributed by atoms with Crippen LogP contribution in [0, 0.1) is 0 Å². The first-order chi connectivity index (χ1) is 26.3. The Hall–Kier alpha value is -6.44. The first kappa shape index (κ1) is 32.5. The van der Waals surface area contributed by atoms with E-state index >= 15 is 0 Å². The van der Waals surface area contributed by atoms with Gasteiger partial charge < -0.3 is 4.42 Å². The molecule has 0 atom stereocenters. The van der Waals surface area contributed by atoms with E-state index in [1.165, 1.54) is 77.2 Å². The zero-order valence-electron chi connectivity index (χ0n) is 30.1. The first-order valence-corrected chi connectivity index (χ1v) is 18.8. The summed E-state index contributed by atoms with van der Waals surface area (Å²) in [6.45, 7) is 4.00. The van der Waals surface area contributed by atoms with Gasteiger partial charge in [0.05, 0.1) is 0 Å². The molecular weight excluding hydrogens is 641 g/mol. The van der Waals surface area contributed by atoms with Gasteiger partial charge in [-0.15, -0.1) is 0 Å². The van der Waals surface area contributed by atoms with Crippen LogP contribution in [-0.2, 0) is 0 Å². The van der Waals surface area contributed by atoms with Gasteiger partial charge >= 0.3 is 0 Å². The Morgan fingerprint density at radius 2 is 0.943 bits per heavy atom. The molecule has 9 aromatic rings. The Morgan fingerprint density at radius 3 is 1.53 bits per heavy atom. The quantitative estimate of drug-likeness (QED) is 0.165. The Kier molecular flexibility index (Phi) is 8.54. The summed E-state index contributed by atoms with van der Waals surface area (Å²) in [7, 11) is 0. The molecule has 8 aromatic carbocycles. The van der Waals surface area contributed by atoms with Crippen LogP contribution in [0.15, 0.2) is 186 Å². The number of hydrogen-bond acceptors (Lipinski definition) is 1. The summed E-state index contributed by atoms with van der Waals surface area (Å²) in [5.41, 5.74) is 14.1. The maximum Gasteiger partial charge on any atom is 0.136 e. The fourth-order valence-corrected chi connectivity index (χ4v) is 8.27. The molecule has 1 aliphatic carbocycles. The molecule has 0 radical (unpaired) electrons. The molecule has 0 unspecified atom stereocenters. The van der Waals surface area contributed by atoms with E-state index in [1.54, 1.807) is 0 Å². The molecule has 1 heterocycles. The molecule has 0 N–H and O–H groups in total. The molecule has 0 saturated carbocycles. The molecule has 0 amide bonds. The molecule has 0 bridgehead atoms. The van der Waals surface area contributed by atoms with E-state index in [2.05, 4.69) is 182 Å². The van der Waals surface area contributed by atoms with E-state index in [1.807, 2.05) is 13.8 Å². The molecule has 0 aliphatic heterocycles. The van der Waals surface area contributed by atoms with Gasteiger partial charge in [0.2, 0.25) is 0 Å². The van der Waals surface area contributed by atoms with Crippen molar-refractivity contribution in [3.05, 3.63) is 188 Å². The molecule has 1 aromatic heterocycles. The van der Waals surface area contributed by atoms with Crippen molar-refractivity contribution < 1.29 is 4.42 Å². The molecule has 10 rings (SSSR count). The summed E-state index contributed by atoms with van der Waals surface area (Å²) >= 11 is 0. The molecule has 1 heteroatoms. The van der Waals surface area contributed by atoms with Gasteiger partial charge in [0.15, 0.2) is 0 Å². The Balaban J connectivity index is 0.00000183. The first-order valence-electron chi connectivity index (χ1n) is 18.8. The fraction of sp³-hybridized carbons (Fsp3) is 0.0769. The molecule has 53 heavy (non-hydrogen) atoms. The second-order valence-corrected chi connectivity index (χ2v) is 13.4. The van der Waals surface area contributed by atoms with Crippen LogP contribution in [-0.4, -0.2) is 0 Å². The van der Waals surface area contributed by atoms with Crippen LogP contribution in [0.5, 0.6) is 0 Å². The van der Waals surface area contributed by atoms with Gasteiger partial charge in [0, 0.05) is 10.8 Å². The average Bonchev–Trinajstić information content (AvgIpc) is 3.63. The lowest BCUT2D eigenvalue weighted by Crippen LogP contribution is -1.95. The third-order valence-electron chi connectivity index (χ3n) is 10.5. The van der Waals surface area contributed by atoms with Gasteiger partial charge in [-0.3, -0.25) is 0 Å². The van der Waals surface area contributed by atoms with Gasteiger partial charge in [0.1, 0.15) is 11.2 Å². The van der Waals surface area contributed by atoms with Crippen molar-refractivity contribution in [3.63, 3.8) is 0 Å². The lowest BCUT2D eigenvalue weighted by Gasteiger charge is -2.22. The van der Waals surface area contributed by atoms with Gasteiger partial charge in [-0.2, -0.15) is 0 Å². The van der Waals surface area contributed by atoms with Crippen LogP contribution >= 0.6 is 0 Å². The van der Waals surface area contributed by atoms with E-state index in [4.69, 9.17) is 4.42 Å². The predicted octanol–water partition coefficient (Wildman–Crippen LogP) is 15.3. The Bertz CT molecular complexity index is 2720. The van der Waals surface area contributed by atoms with Crippen LogP contribution in [0.4, 0.5) is 0 Å². The maximum absolute atomic E-state index is 6.64. The molecule has 254 valence electrons. The zero-order valence-corrected chi connectivity index (χ0v) is 30.1. The Morgan fingerprint density at radius 1 is 0.396 bits per heavy atom. The number of allylic oxidation sites excluding steroid dienone is 4. The van der Waals surface area contributed by atoms with E-state index in [0.717, 1.165) is 34.8 Å². The Labute approximate surface area is 311 Å². The third-order valence-corrected chi connectivity index (χ3v) is 10.5. The molecule has 0 spiro atoms. The summed E-state index contributed by atoms with van der Waals surface area (Å²) in [6, 6.07) is 59.6. The second kappa shape index (κ2) is 13.9. The highest BCUT2D eigenvalue weighted by Crippen LogP contribution is 2.50. The standard InChI is InChI=1S/C50H34O.C2H6/c1-4-16-33(17-5-1)36-30-31-43-46(32-36)51-45-29-15-28-44(48(43)45)47-39-22-10-12-24-41(39)50(42-25-13-11-23-40(42)47)49-37(34-18-6-2-7-19-34)26-14-27-38(49)35-20-8-3-9-21-35;1-2/h2-4,6-32H,1,5H2;1-2H3. The topological polar surface area (TPSA) is 13.1 Å². The lowest BCUT2D eigenvalue weighted by molar-refractivity contribution is 0.669. The van der Waals surface area contributed by atoms with Crippen LogP contribution in [0.25, 0.3) is 93.6 Å². The predicted molar refractivity (Wildman–Crippen MR) is 228 cm³/mol. The minimum atomic E-state index is 0.908. The summed E-state index contributed by atoms with van der Waals surface area (Å²) in [6.07, 6.45) is 9.00. The number of hydrogen-bond donors (Lipinski definition) is 0. The zero-order chi connectivity index (χ0) is 35.7. The van der Waals surface area contributed by atoms with E-state index in [0.29, 0.717) is 0 Å². The van der Waals surface area contributed by atoms with Crippen molar-refractivity contribution in [1.82, 2.24) is 0 Å². The summed E-state index contributed by atoms with van der Waals surface area (Å²) in [5.74, 6) is 0. The number of benzene rings is 8. The van der Waals surface area contributed by atoms with Gasteiger partial charge in [0.25, 0.3) is 0 Å². The molecular formula is C52H40O. The third kappa shape index (κ3) is 5.57. The molecule has 1 nitrogen and oxygen atoms in total. The van der Waals surface area contributed by atoms with Crippen LogP contribution in [0.2, 0.25) is 0 Å². The van der Waals surface area contributed by atoms with E-state index in [9.17, 15) is 0 Å². The normalized spacial score (nSPS) is 12.6. The molecule has 1 aliphatic rings. The lowest BCUT2D eigenvalue weighted by atomic mass is 9.80. The number of furan rings is 1. The maximum atomic E-state index is 6.64. The van der Waals surface area contributed by atoms with E-state index in [-0.39, 0.29) is 0 Å². The number of rotatable bonds is 5. The van der Waals surface area contributed by atoms with Crippen molar-refractivity contribution in [2.75, 3.05) is 0 Å². The van der Waals surface area contributed by atoms with Gasteiger partial charge in [-0.25, -0.2) is 0 Å². The number of fused-ring (bicyclic) bond motifs is 5. The van der Waals surface area contributed by atoms with Crippen LogP contribution < -0.4 is 0 Å². The highest BCUT2D eigenvalue weighted by molar-refractivity contribution is 6.27. The van der Waals surface area contributed by atoms with Crippen molar-refractivity contribution in [3.8, 4) is 44.5 Å². The molecule has 0 saturated heterocycles. The summed E-state index contributed by atoms with van der Waals surface area (Å²) in [4.78, 5) is 0. The summed E-state index contributed by atoms with van der Waals surface area (Å²) in [5, 5.41) is 7.21. The highest BCUT2D eigenvalue weighted by Gasteiger charge is 2.23. The SMILES string of the molecule is C1=CC(c2ccc3c(c2)oc2cccc(-c4c5ccccc5c(-c5c(-c6ccccc6)cccc5-c5ccccc5)c5ccccc45)c23)=CCC1.CC. The summed E-state index contributed by atoms with van der Waals surface area (Å²) < 4.78 is 6.64. The van der Waals surface area contributed by atoms with E-state index < -0.39 is 0 Å². The van der Waals surface area contributed by atoms with Crippen LogP contribution in [0.3, 0.4) is 0 Å². The molecule has 0 fully saturated rings. The van der Waals surface area contributed by atoms with Crippen molar-refractivity contribution in [1.29, 1.82) is 0 Å². The van der Waals surface area contributed by atoms with Crippen molar-refractivity contribution in [2.45, 2.75) is 26.7 Å². The van der Waals surface area contributed by atoms with Crippen molar-refractivity contribution >= 4 is 49.1 Å². The van der Waals surface area contributed by atoms with Gasteiger partial charge in [-0.05, 0) is 108 Å². The van der Waals surface area contributed by atoms with Crippen molar-refractivity contribution in [2.24, 2.45) is 0 Å². The highest BCUT2D eigenvalue weighted by atomic mass is 16.3. The average molecular weight is 681 g/mol. The van der Waals surface area contributed by atoms with Crippen LogP contribution in [0.1, 0.15) is 32.3 Å². The largest absolute Gasteiger partial charge is 0.456 e. The monoisotopic (exact) mass is 680 g/mol. The van der Waals surface area contributed by atoms with Gasteiger partial charge in [-0.1, -0.05) is 178 Å². The smallest absolute Gasteiger partial charge is 0.136 e. The fourth-order valence-electron chi connectivity index (χ4n) is 8.27. The minimum absolute atomic E-state index is 0.908. The second-order valence-electron chi connectivity index (χ2n) is 13.4.